The molecule has 0 aliphatic rings. The minimum atomic E-state index is -0.887. The Morgan fingerprint density at radius 1 is 1.35 bits per heavy atom. The van der Waals surface area contributed by atoms with Gasteiger partial charge in [0, 0.05) is 31.6 Å². The zero-order chi connectivity index (χ0) is 15.1. The van der Waals surface area contributed by atoms with Gasteiger partial charge in [-0.3, -0.25) is 14.5 Å². The molecule has 1 aromatic carbocycles. The van der Waals surface area contributed by atoms with E-state index < -0.39 is 12.0 Å². The first-order chi connectivity index (χ1) is 9.40. The molecule has 1 amide bonds. The van der Waals surface area contributed by atoms with Crippen LogP contribution in [0.4, 0.5) is 0 Å². The molecule has 0 heterocycles. The quantitative estimate of drug-likeness (QED) is 0.804. The Bertz CT molecular complexity index is 462. The molecule has 0 aliphatic heterocycles. The zero-order valence-corrected chi connectivity index (χ0v) is 12.4. The monoisotopic (exact) mass is 298 g/mol. The van der Waals surface area contributed by atoms with E-state index in [0.717, 1.165) is 5.56 Å². The first-order valence-corrected chi connectivity index (χ1v) is 6.73. The highest BCUT2D eigenvalue weighted by atomic mass is 35.5. The molecule has 6 heteroatoms. The number of halogens is 1. The number of carbonyl (C=O) groups excluding carboxylic acids is 1. The third-order valence-electron chi connectivity index (χ3n) is 2.98. The summed E-state index contributed by atoms with van der Waals surface area (Å²) < 4.78 is 0. The molecule has 0 radical (unpaired) electrons. The Balaban J connectivity index is 2.68. The van der Waals surface area contributed by atoms with Gasteiger partial charge in [0.2, 0.25) is 5.91 Å². The van der Waals surface area contributed by atoms with Crippen LogP contribution in [0, 0.1) is 0 Å². The molecular formula is C14H19ClN2O3. The van der Waals surface area contributed by atoms with Crippen LogP contribution in [-0.4, -0.2) is 41.0 Å². The van der Waals surface area contributed by atoms with Crippen molar-refractivity contribution in [2.45, 2.75) is 26.4 Å². The van der Waals surface area contributed by atoms with Crippen LogP contribution in [0.1, 0.15) is 19.4 Å². The van der Waals surface area contributed by atoms with Crippen molar-refractivity contribution in [3.63, 3.8) is 0 Å². The van der Waals surface area contributed by atoms with Crippen molar-refractivity contribution >= 4 is 23.5 Å². The number of nitrogens with one attached hydrogen (secondary N) is 1. The standard InChI is InChI=1S/C14H19ClN2O3/c1-10(14(19)20)17(8-7-16-11(2)18)9-12-3-5-13(15)6-4-12/h3-6,10H,7-9H2,1-2H3,(H,16,18)(H,19,20). The lowest BCUT2D eigenvalue weighted by molar-refractivity contribution is -0.142. The normalized spacial score (nSPS) is 12.2. The van der Waals surface area contributed by atoms with E-state index in [-0.39, 0.29) is 5.91 Å². The summed E-state index contributed by atoms with van der Waals surface area (Å²) >= 11 is 5.82. The molecule has 0 aliphatic carbocycles. The molecule has 0 saturated carbocycles. The highest BCUT2D eigenvalue weighted by Gasteiger charge is 2.20. The van der Waals surface area contributed by atoms with Crippen LogP contribution in [0.3, 0.4) is 0 Å². The molecule has 1 atom stereocenters. The van der Waals surface area contributed by atoms with Gasteiger partial charge in [0.05, 0.1) is 0 Å². The molecule has 0 spiro atoms. The summed E-state index contributed by atoms with van der Waals surface area (Å²) in [4.78, 5) is 23.8. The summed E-state index contributed by atoms with van der Waals surface area (Å²) in [5.41, 5.74) is 0.977. The maximum absolute atomic E-state index is 11.1. The van der Waals surface area contributed by atoms with Crippen LogP contribution in [-0.2, 0) is 16.1 Å². The number of carbonyl (C=O) groups is 2. The van der Waals surface area contributed by atoms with Crippen LogP contribution < -0.4 is 5.32 Å². The minimum Gasteiger partial charge on any atom is -0.480 e. The van der Waals surface area contributed by atoms with Gasteiger partial charge in [0.1, 0.15) is 6.04 Å². The van der Waals surface area contributed by atoms with Gasteiger partial charge in [-0.1, -0.05) is 23.7 Å². The Labute approximate surface area is 123 Å². The number of carboxylic acid groups (broad SMARTS) is 1. The van der Waals surface area contributed by atoms with E-state index in [4.69, 9.17) is 16.7 Å². The Morgan fingerprint density at radius 3 is 2.45 bits per heavy atom. The van der Waals surface area contributed by atoms with Crippen molar-refractivity contribution < 1.29 is 14.7 Å². The third kappa shape index (κ3) is 5.59. The van der Waals surface area contributed by atoms with Gasteiger partial charge < -0.3 is 10.4 Å². The van der Waals surface area contributed by atoms with Crippen molar-refractivity contribution in [2.75, 3.05) is 13.1 Å². The molecule has 0 saturated heterocycles. The van der Waals surface area contributed by atoms with E-state index in [2.05, 4.69) is 5.32 Å². The summed E-state index contributed by atoms with van der Waals surface area (Å²) in [6.45, 7) is 4.44. The first kappa shape index (κ1) is 16.5. The largest absolute Gasteiger partial charge is 0.480 e. The lowest BCUT2D eigenvalue weighted by Crippen LogP contribution is -2.42. The first-order valence-electron chi connectivity index (χ1n) is 6.36. The molecule has 0 fully saturated rings. The molecule has 1 aromatic rings. The molecule has 0 aromatic heterocycles. The number of nitrogens with zero attached hydrogens (tertiary/aromatic N) is 1. The number of carboxylic acids is 1. The topological polar surface area (TPSA) is 69.6 Å². The van der Waals surface area contributed by atoms with Gasteiger partial charge in [-0.2, -0.15) is 0 Å². The second-order valence-electron chi connectivity index (χ2n) is 4.59. The minimum absolute atomic E-state index is 0.126. The van der Waals surface area contributed by atoms with Crippen molar-refractivity contribution in [2.24, 2.45) is 0 Å². The molecule has 2 N–H and O–H groups in total. The summed E-state index contributed by atoms with van der Waals surface area (Å²) in [7, 11) is 0. The Hall–Kier alpha value is -1.59. The Morgan fingerprint density at radius 2 is 1.95 bits per heavy atom. The number of amides is 1. The van der Waals surface area contributed by atoms with Crippen LogP contribution in [0.5, 0.6) is 0 Å². The van der Waals surface area contributed by atoms with Crippen molar-refractivity contribution in [1.29, 1.82) is 0 Å². The smallest absolute Gasteiger partial charge is 0.320 e. The lowest BCUT2D eigenvalue weighted by atomic mass is 10.2. The molecule has 1 unspecified atom stereocenters. The average Bonchev–Trinajstić information content (AvgIpc) is 2.38. The fraction of sp³-hybridized carbons (Fsp3) is 0.429. The maximum atomic E-state index is 11.1. The lowest BCUT2D eigenvalue weighted by Gasteiger charge is -2.26. The number of hydrogen-bond acceptors (Lipinski definition) is 3. The number of benzene rings is 1. The van der Waals surface area contributed by atoms with E-state index in [0.29, 0.717) is 24.7 Å². The molecular weight excluding hydrogens is 280 g/mol. The molecule has 1 rings (SSSR count). The summed E-state index contributed by atoms with van der Waals surface area (Å²) in [5, 5.41) is 12.4. The van der Waals surface area contributed by atoms with E-state index >= 15 is 0 Å². The second kappa shape index (κ2) is 7.87. The van der Waals surface area contributed by atoms with Crippen molar-refractivity contribution in [3.05, 3.63) is 34.9 Å². The molecule has 20 heavy (non-hydrogen) atoms. The number of rotatable bonds is 7. The average molecular weight is 299 g/mol. The number of aliphatic carboxylic acids is 1. The zero-order valence-electron chi connectivity index (χ0n) is 11.6. The van der Waals surface area contributed by atoms with Crippen molar-refractivity contribution in [3.8, 4) is 0 Å². The van der Waals surface area contributed by atoms with Crippen LogP contribution in [0.25, 0.3) is 0 Å². The fourth-order valence-electron chi connectivity index (χ4n) is 1.77. The SMILES string of the molecule is CC(=O)NCCN(Cc1ccc(Cl)cc1)C(C)C(=O)O. The van der Waals surface area contributed by atoms with Gasteiger partial charge >= 0.3 is 5.97 Å². The van der Waals surface area contributed by atoms with E-state index in [1.165, 1.54) is 6.92 Å². The highest BCUT2D eigenvalue weighted by molar-refractivity contribution is 6.30. The summed E-state index contributed by atoms with van der Waals surface area (Å²) in [6, 6.07) is 6.65. The summed E-state index contributed by atoms with van der Waals surface area (Å²) in [6.07, 6.45) is 0. The number of hydrogen-bond donors (Lipinski definition) is 2. The predicted octanol–water partition coefficient (Wildman–Crippen LogP) is 1.75. The van der Waals surface area contributed by atoms with Gasteiger partial charge in [-0.05, 0) is 24.6 Å². The summed E-state index contributed by atoms with van der Waals surface area (Å²) in [5.74, 6) is -1.01. The van der Waals surface area contributed by atoms with Gasteiger partial charge in [-0.15, -0.1) is 0 Å². The fourth-order valence-corrected chi connectivity index (χ4v) is 1.89. The van der Waals surface area contributed by atoms with E-state index in [1.807, 2.05) is 12.1 Å². The highest BCUT2D eigenvalue weighted by Crippen LogP contribution is 2.13. The third-order valence-corrected chi connectivity index (χ3v) is 3.23. The maximum Gasteiger partial charge on any atom is 0.320 e. The van der Waals surface area contributed by atoms with E-state index in [9.17, 15) is 9.59 Å². The molecule has 0 bridgehead atoms. The Kier molecular flexibility index (Phi) is 6.48. The molecule has 110 valence electrons. The predicted molar refractivity (Wildman–Crippen MR) is 77.6 cm³/mol. The second-order valence-corrected chi connectivity index (χ2v) is 5.03. The molecule has 5 nitrogen and oxygen atoms in total. The van der Waals surface area contributed by atoms with Crippen LogP contribution in [0.2, 0.25) is 5.02 Å². The van der Waals surface area contributed by atoms with E-state index in [1.54, 1.807) is 24.0 Å². The van der Waals surface area contributed by atoms with Gasteiger partial charge in [-0.25, -0.2) is 0 Å². The van der Waals surface area contributed by atoms with Crippen LogP contribution in [0.15, 0.2) is 24.3 Å². The van der Waals surface area contributed by atoms with Crippen LogP contribution >= 0.6 is 11.6 Å². The van der Waals surface area contributed by atoms with Crippen molar-refractivity contribution in [1.82, 2.24) is 10.2 Å². The van der Waals surface area contributed by atoms with Gasteiger partial charge in [0.15, 0.2) is 0 Å². The van der Waals surface area contributed by atoms with Gasteiger partial charge in [0.25, 0.3) is 0 Å².